The highest BCUT2D eigenvalue weighted by Crippen LogP contribution is 2.41. The second-order valence-corrected chi connectivity index (χ2v) is 7.38. The molecule has 4 heteroatoms. The van der Waals surface area contributed by atoms with Crippen molar-refractivity contribution in [1.82, 2.24) is 19.4 Å². The van der Waals surface area contributed by atoms with E-state index in [0.717, 1.165) is 45.0 Å². The number of nitrogens with zero attached hydrogens (tertiary/aromatic N) is 4. The number of imidazole rings is 1. The summed E-state index contributed by atoms with van der Waals surface area (Å²) < 4.78 is 2.15. The van der Waals surface area contributed by atoms with Crippen molar-refractivity contribution >= 4 is 38.6 Å². The summed E-state index contributed by atoms with van der Waals surface area (Å²) in [4.78, 5) is 14.3. The summed E-state index contributed by atoms with van der Waals surface area (Å²) in [6.45, 7) is 0. The minimum atomic E-state index is 0.873. The van der Waals surface area contributed by atoms with Crippen molar-refractivity contribution in [1.29, 1.82) is 0 Å². The lowest BCUT2D eigenvalue weighted by molar-refractivity contribution is 1.23. The van der Waals surface area contributed by atoms with Gasteiger partial charge in [-0.2, -0.15) is 0 Å². The van der Waals surface area contributed by atoms with Crippen LogP contribution in [0.1, 0.15) is 11.1 Å². The molecule has 4 aromatic heterocycles. The van der Waals surface area contributed by atoms with Gasteiger partial charge >= 0.3 is 0 Å². The fourth-order valence-corrected chi connectivity index (χ4v) is 4.67. The van der Waals surface area contributed by atoms with E-state index in [9.17, 15) is 0 Å². The van der Waals surface area contributed by atoms with Gasteiger partial charge in [0.05, 0.1) is 11.0 Å². The average molecular weight is 358 g/mol. The molecule has 130 valence electrons. The summed E-state index contributed by atoms with van der Waals surface area (Å²) in [7, 11) is 0. The van der Waals surface area contributed by atoms with Gasteiger partial charge in [-0.1, -0.05) is 24.3 Å². The molecule has 0 saturated carbocycles. The van der Waals surface area contributed by atoms with E-state index in [1.165, 1.54) is 22.3 Å². The Labute approximate surface area is 160 Å². The SMILES string of the molecule is c1ccc2c(c1)Cc1cc3c(cc1-2)c1nc2cccnc2n1c1cccnc31. The fourth-order valence-electron chi connectivity index (χ4n) is 4.67. The van der Waals surface area contributed by atoms with E-state index in [1.807, 2.05) is 30.6 Å². The predicted molar refractivity (Wildman–Crippen MR) is 112 cm³/mol. The van der Waals surface area contributed by atoms with Crippen molar-refractivity contribution in [2.24, 2.45) is 0 Å². The van der Waals surface area contributed by atoms with Gasteiger partial charge in [-0.3, -0.25) is 9.38 Å². The lowest BCUT2D eigenvalue weighted by Crippen LogP contribution is -1.95. The maximum absolute atomic E-state index is 4.95. The van der Waals surface area contributed by atoms with Crippen molar-refractivity contribution < 1.29 is 0 Å². The van der Waals surface area contributed by atoms with Gasteiger partial charge in [0.15, 0.2) is 5.65 Å². The first-order valence-corrected chi connectivity index (χ1v) is 9.43. The Hall–Kier alpha value is -3.79. The lowest BCUT2D eigenvalue weighted by atomic mass is 10.0. The molecule has 2 aromatic carbocycles. The molecule has 0 N–H and O–H groups in total. The molecule has 0 unspecified atom stereocenters. The summed E-state index contributed by atoms with van der Waals surface area (Å²) in [6.07, 6.45) is 4.66. The Morgan fingerprint density at radius 3 is 2.61 bits per heavy atom. The smallest absolute Gasteiger partial charge is 0.165 e. The quantitative estimate of drug-likeness (QED) is 0.352. The van der Waals surface area contributed by atoms with Crippen LogP contribution in [0.5, 0.6) is 0 Å². The molecule has 0 fully saturated rings. The van der Waals surface area contributed by atoms with Crippen molar-refractivity contribution in [3.8, 4) is 11.1 Å². The molecule has 1 aliphatic rings. The minimum absolute atomic E-state index is 0.873. The van der Waals surface area contributed by atoms with Crippen LogP contribution >= 0.6 is 0 Å². The van der Waals surface area contributed by atoms with Crippen LogP contribution in [0.15, 0.2) is 73.1 Å². The van der Waals surface area contributed by atoms with Crippen LogP contribution in [0.4, 0.5) is 0 Å². The summed E-state index contributed by atoms with van der Waals surface area (Å²) in [6, 6.07) is 21.3. The highest BCUT2D eigenvalue weighted by Gasteiger charge is 2.22. The van der Waals surface area contributed by atoms with E-state index in [-0.39, 0.29) is 0 Å². The van der Waals surface area contributed by atoms with E-state index >= 15 is 0 Å². The maximum Gasteiger partial charge on any atom is 0.165 e. The van der Waals surface area contributed by atoms with Gasteiger partial charge in [0, 0.05) is 23.2 Å². The molecule has 0 radical (unpaired) electrons. The van der Waals surface area contributed by atoms with Crippen LogP contribution in [-0.4, -0.2) is 19.4 Å². The number of benzene rings is 2. The van der Waals surface area contributed by atoms with E-state index in [0.29, 0.717) is 0 Å². The van der Waals surface area contributed by atoms with Crippen LogP contribution in [0.2, 0.25) is 0 Å². The first-order valence-electron chi connectivity index (χ1n) is 9.43. The van der Waals surface area contributed by atoms with E-state index in [4.69, 9.17) is 9.97 Å². The largest absolute Gasteiger partial charge is 0.274 e. The number of hydrogen-bond acceptors (Lipinski definition) is 3. The highest BCUT2D eigenvalue weighted by atomic mass is 15.1. The molecule has 0 amide bonds. The number of pyridine rings is 3. The topological polar surface area (TPSA) is 43.1 Å². The third kappa shape index (κ3) is 1.68. The highest BCUT2D eigenvalue weighted by molar-refractivity contribution is 6.13. The van der Waals surface area contributed by atoms with Gasteiger partial charge in [-0.05, 0) is 65.1 Å². The van der Waals surface area contributed by atoms with Crippen molar-refractivity contribution in [3.05, 3.63) is 84.2 Å². The molecule has 0 atom stereocenters. The van der Waals surface area contributed by atoms with Gasteiger partial charge in [-0.15, -0.1) is 0 Å². The summed E-state index contributed by atoms with van der Waals surface area (Å²) in [5.74, 6) is 0. The zero-order valence-corrected chi connectivity index (χ0v) is 14.9. The molecule has 7 rings (SSSR count). The van der Waals surface area contributed by atoms with Gasteiger partial charge in [0.25, 0.3) is 0 Å². The normalized spacial score (nSPS) is 12.9. The number of hydrogen-bond donors (Lipinski definition) is 0. The predicted octanol–water partition coefficient (Wildman–Crippen LogP) is 5.16. The Bertz CT molecular complexity index is 1590. The lowest BCUT2D eigenvalue weighted by Gasteiger charge is -2.10. The van der Waals surface area contributed by atoms with Gasteiger partial charge < -0.3 is 0 Å². The third-order valence-electron chi connectivity index (χ3n) is 5.87. The fraction of sp³-hybridized carbons (Fsp3) is 0.0417. The summed E-state index contributed by atoms with van der Waals surface area (Å²) >= 11 is 0. The molecule has 6 aromatic rings. The molecule has 1 aliphatic carbocycles. The van der Waals surface area contributed by atoms with Crippen LogP contribution in [0, 0.1) is 0 Å². The number of aromatic nitrogens is 4. The number of fused-ring (bicyclic) bond motifs is 11. The zero-order valence-electron chi connectivity index (χ0n) is 14.9. The Balaban J connectivity index is 1.75. The molecule has 4 nitrogen and oxygen atoms in total. The molecule has 0 aliphatic heterocycles. The van der Waals surface area contributed by atoms with Gasteiger partial charge in [0.2, 0.25) is 0 Å². The molecule has 0 spiro atoms. The standard InChI is InChI=1S/C24H14N4/c1-2-6-16-14(5-1)11-15-12-18-19(13-17(15)16)23-27-20-7-3-10-26-24(20)28(23)21-8-4-9-25-22(18)21/h1-10,12-13H,11H2. The Morgan fingerprint density at radius 1 is 0.714 bits per heavy atom. The first-order chi connectivity index (χ1) is 13.9. The van der Waals surface area contributed by atoms with Crippen LogP contribution in [0.25, 0.3) is 49.7 Å². The summed E-state index contributed by atoms with van der Waals surface area (Å²) in [5, 5.41) is 2.28. The molecule has 0 saturated heterocycles. The van der Waals surface area contributed by atoms with Crippen molar-refractivity contribution in [2.45, 2.75) is 6.42 Å². The van der Waals surface area contributed by atoms with Crippen molar-refractivity contribution in [2.75, 3.05) is 0 Å². The van der Waals surface area contributed by atoms with Gasteiger partial charge in [0.1, 0.15) is 11.2 Å². The number of rotatable bonds is 0. The zero-order chi connectivity index (χ0) is 18.2. The molecular weight excluding hydrogens is 344 g/mol. The minimum Gasteiger partial charge on any atom is -0.274 e. The summed E-state index contributed by atoms with van der Waals surface area (Å²) in [5.41, 5.74) is 10.1. The van der Waals surface area contributed by atoms with E-state index in [2.05, 4.69) is 51.8 Å². The monoisotopic (exact) mass is 358 g/mol. The van der Waals surface area contributed by atoms with E-state index in [1.54, 1.807) is 0 Å². The van der Waals surface area contributed by atoms with Crippen LogP contribution < -0.4 is 0 Å². The Morgan fingerprint density at radius 2 is 1.61 bits per heavy atom. The van der Waals surface area contributed by atoms with Crippen LogP contribution in [0.3, 0.4) is 0 Å². The third-order valence-corrected chi connectivity index (χ3v) is 5.87. The van der Waals surface area contributed by atoms with Crippen LogP contribution in [-0.2, 0) is 6.42 Å². The van der Waals surface area contributed by atoms with E-state index < -0.39 is 0 Å². The first kappa shape index (κ1) is 14.3. The van der Waals surface area contributed by atoms with Crippen molar-refractivity contribution in [3.63, 3.8) is 0 Å². The molecule has 28 heavy (non-hydrogen) atoms. The second-order valence-electron chi connectivity index (χ2n) is 7.38. The molecular formula is C24H14N4. The Kier molecular flexibility index (Phi) is 2.51. The second kappa shape index (κ2) is 4.93. The maximum atomic E-state index is 4.95. The molecule has 0 bridgehead atoms. The average Bonchev–Trinajstić information content (AvgIpc) is 3.31. The van der Waals surface area contributed by atoms with Gasteiger partial charge in [-0.25, -0.2) is 9.97 Å². The molecule has 4 heterocycles.